The summed E-state index contributed by atoms with van der Waals surface area (Å²) >= 11 is 0. The topological polar surface area (TPSA) is 32.3 Å². The van der Waals surface area contributed by atoms with E-state index in [1.54, 1.807) is 0 Å². The van der Waals surface area contributed by atoms with Crippen LogP contribution in [0.15, 0.2) is 170 Å². The lowest BCUT2D eigenvalue weighted by Gasteiger charge is -2.26. The van der Waals surface area contributed by atoms with Crippen molar-refractivity contribution in [3.8, 4) is 22.3 Å². The highest BCUT2D eigenvalue weighted by Crippen LogP contribution is 2.43. The van der Waals surface area contributed by atoms with Gasteiger partial charge in [0, 0.05) is 35.1 Å². The molecule has 4 nitrogen and oxygen atoms in total. The Labute approximate surface area is 319 Å². The molecule has 0 saturated heterocycles. The highest BCUT2D eigenvalue weighted by atomic mass is 28.3. The highest BCUT2D eigenvalue weighted by Gasteiger charge is 2.42. The number of anilines is 6. The van der Waals surface area contributed by atoms with E-state index in [0.717, 1.165) is 34.4 Å². The summed E-state index contributed by atoms with van der Waals surface area (Å²) in [6.45, 7) is 10.1. The molecule has 0 spiro atoms. The van der Waals surface area contributed by atoms with Gasteiger partial charge < -0.3 is 0 Å². The Morgan fingerprint density at radius 3 is 1.17 bits per heavy atom. The van der Waals surface area contributed by atoms with E-state index in [-0.39, 0.29) is 0 Å². The van der Waals surface area contributed by atoms with Crippen molar-refractivity contribution in [1.82, 2.24) is 9.97 Å². The summed E-state index contributed by atoms with van der Waals surface area (Å²) in [5, 5.41) is 8.73. The van der Waals surface area contributed by atoms with E-state index in [1.165, 1.54) is 53.8 Å². The van der Waals surface area contributed by atoms with Crippen LogP contribution in [0, 0.1) is 0 Å². The molecule has 0 bridgehead atoms. The van der Waals surface area contributed by atoms with Gasteiger partial charge in [-0.05, 0) is 127 Å². The molecule has 0 atom stereocenters. The summed E-state index contributed by atoms with van der Waals surface area (Å²) in [4.78, 5) is 14.1. The van der Waals surface area contributed by atoms with Gasteiger partial charge in [0.25, 0.3) is 0 Å². The van der Waals surface area contributed by atoms with Gasteiger partial charge >= 0.3 is 0 Å². The Hall–Kier alpha value is -6.09. The number of aromatic nitrogens is 2. The van der Waals surface area contributed by atoms with Crippen molar-refractivity contribution in [2.24, 2.45) is 0 Å². The van der Waals surface area contributed by atoms with Crippen molar-refractivity contribution in [3.63, 3.8) is 0 Å². The molecule has 0 radical (unpaired) electrons. The summed E-state index contributed by atoms with van der Waals surface area (Å²) < 4.78 is 0. The van der Waals surface area contributed by atoms with E-state index in [4.69, 9.17) is 9.97 Å². The SMILES string of the molecule is C[Si]1(C)c2cc(N(c3ccccc3)c3ccccn3)ccc2-c2c1ccc1c3c(ccc21)[Si](C)(C)c1cc(N(c2ccccc2)c2ccccn2)ccc1-3. The normalized spacial score (nSPS) is 14.2. The Morgan fingerprint density at radius 1 is 0.370 bits per heavy atom. The van der Waals surface area contributed by atoms with Crippen molar-refractivity contribution in [1.29, 1.82) is 0 Å². The number of hydrogen-bond acceptors (Lipinski definition) is 4. The second kappa shape index (κ2) is 12.2. The van der Waals surface area contributed by atoms with Crippen LogP contribution in [0.5, 0.6) is 0 Å². The van der Waals surface area contributed by atoms with Crippen LogP contribution < -0.4 is 30.5 Å². The molecule has 0 saturated carbocycles. The number of benzene rings is 6. The molecule has 0 amide bonds. The largest absolute Gasteiger partial charge is 0.295 e. The first-order chi connectivity index (χ1) is 26.3. The molecule has 6 heteroatoms. The van der Waals surface area contributed by atoms with E-state index in [2.05, 4.69) is 182 Å². The summed E-state index contributed by atoms with van der Waals surface area (Å²) in [7, 11) is -4.08. The number of fused-ring (bicyclic) bond motifs is 9. The monoisotopic (exact) mass is 728 g/mol. The molecular weight excluding hydrogens is 689 g/mol. The van der Waals surface area contributed by atoms with Crippen molar-refractivity contribution in [3.05, 3.63) is 170 Å². The second-order valence-corrected chi connectivity index (χ2v) is 24.2. The first-order valence-electron chi connectivity index (χ1n) is 18.8. The van der Waals surface area contributed by atoms with Gasteiger partial charge in [0.2, 0.25) is 0 Å². The molecule has 4 heterocycles. The van der Waals surface area contributed by atoms with E-state index in [0.29, 0.717) is 0 Å². The van der Waals surface area contributed by atoms with Gasteiger partial charge in [-0.3, -0.25) is 9.80 Å². The fourth-order valence-corrected chi connectivity index (χ4v) is 15.2. The van der Waals surface area contributed by atoms with Gasteiger partial charge in [-0.25, -0.2) is 9.97 Å². The molecule has 54 heavy (non-hydrogen) atoms. The maximum Gasteiger partial charge on any atom is 0.137 e. The lowest BCUT2D eigenvalue weighted by Crippen LogP contribution is -2.49. The number of pyridine rings is 2. The third kappa shape index (κ3) is 4.87. The second-order valence-electron chi connectivity index (χ2n) is 15.5. The molecule has 10 rings (SSSR count). The summed E-state index contributed by atoms with van der Waals surface area (Å²) in [5.41, 5.74) is 10.1. The quantitative estimate of drug-likeness (QED) is 0.160. The van der Waals surface area contributed by atoms with E-state index in [9.17, 15) is 0 Å². The highest BCUT2D eigenvalue weighted by molar-refractivity contribution is 7.05. The predicted octanol–water partition coefficient (Wildman–Crippen LogP) is 10.2. The van der Waals surface area contributed by atoms with E-state index >= 15 is 0 Å². The standard InChI is InChI=1S/C48H40N4Si2/c1-53(2)41-27-25-38-37(47(41)39-23-21-35(31-43(39)53)51(33-15-7-5-8-16-33)45-19-11-13-29-49-45)26-28-42-48(38)40-24-22-36(32-44(40)54(42,3)4)52(34-17-9-6-10-18-34)46-20-12-14-30-50-46/h5-32H,1-4H3. The van der Waals surface area contributed by atoms with Crippen LogP contribution in [0.2, 0.25) is 26.2 Å². The fourth-order valence-electron chi connectivity index (χ4n) is 9.08. The predicted molar refractivity (Wildman–Crippen MR) is 233 cm³/mol. The van der Waals surface area contributed by atoms with Crippen molar-refractivity contribution in [2.75, 3.05) is 9.80 Å². The Kier molecular flexibility index (Phi) is 7.38. The van der Waals surface area contributed by atoms with Crippen molar-refractivity contribution in [2.45, 2.75) is 26.2 Å². The average Bonchev–Trinajstić information content (AvgIpc) is 3.59. The Morgan fingerprint density at radius 2 is 0.778 bits per heavy atom. The maximum atomic E-state index is 4.79. The molecule has 0 aliphatic carbocycles. The Balaban J connectivity index is 1.12. The minimum absolute atomic E-state index is 0.917. The summed E-state index contributed by atoms with van der Waals surface area (Å²) in [5.74, 6) is 1.83. The van der Waals surface area contributed by atoms with Gasteiger partial charge in [-0.1, -0.05) is 111 Å². The lowest BCUT2D eigenvalue weighted by molar-refractivity contribution is 1.18. The number of para-hydroxylation sites is 2. The van der Waals surface area contributed by atoms with Gasteiger partial charge in [0.1, 0.15) is 27.8 Å². The molecule has 2 aliphatic heterocycles. The van der Waals surface area contributed by atoms with Gasteiger partial charge in [0.05, 0.1) is 0 Å². The molecule has 0 fully saturated rings. The maximum absolute atomic E-state index is 4.79. The van der Waals surface area contributed by atoms with Crippen LogP contribution >= 0.6 is 0 Å². The smallest absolute Gasteiger partial charge is 0.137 e. The molecular formula is C48H40N4Si2. The summed E-state index contributed by atoms with van der Waals surface area (Å²) in [6, 6.07) is 57.5. The van der Waals surface area contributed by atoms with Gasteiger partial charge in [-0.15, -0.1) is 0 Å². The zero-order valence-corrected chi connectivity index (χ0v) is 33.0. The number of rotatable bonds is 6. The average molecular weight is 729 g/mol. The van der Waals surface area contributed by atoms with Crippen molar-refractivity contribution < 1.29 is 0 Å². The molecule has 0 unspecified atom stereocenters. The molecule has 8 aromatic rings. The Bertz CT molecular complexity index is 2450. The van der Waals surface area contributed by atoms with Crippen LogP contribution in [0.1, 0.15) is 0 Å². The molecule has 2 aromatic heterocycles. The molecule has 2 aliphatic rings. The first-order valence-corrected chi connectivity index (χ1v) is 24.8. The van der Waals surface area contributed by atoms with Crippen LogP contribution in [0.25, 0.3) is 33.0 Å². The first kappa shape index (κ1) is 32.6. The van der Waals surface area contributed by atoms with Crippen LogP contribution in [-0.2, 0) is 0 Å². The minimum atomic E-state index is -2.04. The third-order valence-corrected chi connectivity index (χ3v) is 18.8. The number of hydrogen-bond donors (Lipinski definition) is 0. The third-order valence-electron chi connectivity index (χ3n) is 11.7. The van der Waals surface area contributed by atoms with Crippen LogP contribution in [0.3, 0.4) is 0 Å². The lowest BCUT2D eigenvalue weighted by atomic mass is 9.92. The van der Waals surface area contributed by atoms with E-state index in [1.807, 2.05) is 24.5 Å². The minimum Gasteiger partial charge on any atom is -0.295 e. The zero-order chi connectivity index (χ0) is 36.6. The molecule has 6 aromatic carbocycles. The number of nitrogens with zero attached hydrogens (tertiary/aromatic N) is 4. The zero-order valence-electron chi connectivity index (χ0n) is 31.0. The summed E-state index contributed by atoms with van der Waals surface area (Å²) in [6.07, 6.45) is 3.75. The van der Waals surface area contributed by atoms with Gasteiger partial charge in [-0.2, -0.15) is 0 Å². The molecule has 260 valence electrons. The van der Waals surface area contributed by atoms with Crippen molar-refractivity contribution >= 4 is 82.1 Å². The van der Waals surface area contributed by atoms with Crippen LogP contribution in [-0.4, -0.2) is 26.1 Å². The van der Waals surface area contributed by atoms with Gasteiger partial charge in [0.15, 0.2) is 0 Å². The van der Waals surface area contributed by atoms with E-state index < -0.39 is 16.1 Å². The van der Waals surface area contributed by atoms with Crippen LogP contribution in [0.4, 0.5) is 34.4 Å². The fraction of sp³-hybridized carbons (Fsp3) is 0.0833. The molecule has 0 N–H and O–H groups in total.